The van der Waals surface area contributed by atoms with Crippen molar-refractivity contribution in [3.63, 3.8) is 0 Å². The van der Waals surface area contributed by atoms with Crippen LogP contribution in [0, 0.1) is 0 Å². The second-order valence-electron chi connectivity index (χ2n) is 7.16. The van der Waals surface area contributed by atoms with Gasteiger partial charge in [0.25, 0.3) is 5.91 Å². The summed E-state index contributed by atoms with van der Waals surface area (Å²) < 4.78 is 5.53. The molecule has 1 amide bonds. The summed E-state index contributed by atoms with van der Waals surface area (Å²) in [7, 11) is 1.78. The van der Waals surface area contributed by atoms with Crippen LogP contribution in [0.15, 0.2) is 16.4 Å². The van der Waals surface area contributed by atoms with Crippen LogP contribution < -0.4 is 11.5 Å². The van der Waals surface area contributed by atoms with Gasteiger partial charge >= 0.3 is 0 Å². The van der Waals surface area contributed by atoms with Crippen LogP contribution in [0.3, 0.4) is 0 Å². The van der Waals surface area contributed by atoms with Crippen molar-refractivity contribution in [1.82, 2.24) is 4.90 Å². The molecule has 7 heteroatoms. The third kappa shape index (κ3) is 3.44. The number of carbonyl (C=O) groups is 1. The summed E-state index contributed by atoms with van der Waals surface area (Å²) in [4.78, 5) is 19.4. The molecule has 4 N–H and O–H groups in total. The number of ether oxygens (including phenoxy) is 1. The zero-order valence-corrected chi connectivity index (χ0v) is 14.5. The molecule has 0 atom stereocenters. The highest BCUT2D eigenvalue weighted by Crippen LogP contribution is 2.44. The molecule has 7 nitrogen and oxygen atoms in total. The molecule has 1 saturated carbocycles. The number of oxime groups is 1. The lowest BCUT2D eigenvalue weighted by Gasteiger charge is -2.33. The Labute approximate surface area is 137 Å². The molecule has 0 unspecified atom stereocenters. The molecule has 1 heterocycles. The molecule has 0 bridgehead atoms. The normalized spacial score (nSPS) is 21.7. The minimum atomic E-state index is -0.387. The van der Waals surface area contributed by atoms with Crippen LogP contribution in [0.4, 0.5) is 0 Å². The van der Waals surface area contributed by atoms with E-state index in [0.717, 1.165) is 25.7 Å². The van der Waals surface area contributed by atoms with E-state index >= 15 is 0 Å². The molecule has 1 spiro atoms. The second kappa shape index (κ2) is 6.39. The van der Waals surface area contributed by atoms with Crippen molar-refractivity contribution in [2.75, 3.05) is 20.3 Å². The monoisotopic (exact) mass is 324 g/mol. The van der Waals surface area contributed by atoms with Crippen LogP contribution in [0.25, 0.3) is 0 Å². The molecule has 0 aromatic carbocycles. The molecular weight excluding hydrogens is 296 g/mol. The van der Waals surface area contributed by atoms with E-state index in [1.807, 2.05) is 20.8 Å². The van der Waals surface area contributed by atoms with Crippen molar-refractivity contribution in [3.05, 3.63) is 11.3 Å². The zero-order chi connectivity index (χ0) is 17.3. The maximum Gasteiger partial charge on any atom is 0.260 e. The Balaban J connectivity index is 2.03. The molecule has 0 saturated heterocycles. The first kappa shape index (κ1) is 17.6. The van der Waals surface area contributed by atoms with Gasteiger partial charge in [0.15, 0.2) is 5.84 Å². The standard InChI is InChI=1S/C16H28N4O3/c1-15(2,3)22-9-10-23-19-13(18)11-12(17)16(7-5-6-8-16)20(4)14(11)21/h5-10,17H2,1-4H3,(H2,18,19). The highest BCUT2D eigenvalue weighted by atomic mass is 16.6. The maximum atomic E-state index is 12.5. The Morgan fingerprint density at radius 2 is 1.91 bits per heavy atom. The van der Waals surface area contributed by atoms with Crippen LogP contribution >= 0.6 is 0 Å². The molecule has 1 aliphatic heterocycles. The number of amides is 1. The minimum Gasteiger partial charge on any atom is -0.399 e. The van der Waals surface area contributed by atoms with Crippen molar-refractivity contribution in [2.45, 2.75) is 57.6 Å². The number of carbonyl (C=O) groups excluding carboxylic acids is 1. The Morgan fingerprint density at radius 1 is 1.30 bits per heavy atom. The van der Waals surface area contributed by atoms with Gasteiger partial charge < -0.3 is 25.9 Å². The largest absolute Gasteiger partial charge is 0.399 e. The van der Waals surface area contributed by atoms with Gasteiger partial charge in [-0.3, -0.25) is 4.79 Å². The average molecular weight is 324 g/mol. The second-order valence-corrected chi connectivity index (χ2v) is 7.16. The first-order valence-corrected chi connectivity index (χ1v) is 8.07. The van der Waals surface area contributed by atoms with Crippen molar-refractivity contribution in [1.29, 1.82) is 0 Å². The fraction of sp³-hybridized carbons (Fsp3) is 0.750. The number of nitrogens with two attached hydrogens (primary N) is 2. The average Bonchev–Trinajstić information content (AvgIpc) is 3.00. The van der Waals surface area contributed by atoms with Gasteiger partial charge in [-0.1, -0.05) is 18.0 Å². The van der Waals surface area contributed by atoms with E-state index in [-0.39, 0.29) is 35.1 Å². The minimum absolute atomic E-state index is 0.0406. The highest BCUT2D eigenvalue weighted by molar-refractivity contribution is 6.22. The molecule has 23 heavy (non-hydrogen) atoms. The number of amidine groups is 1. The van der Waals surface area contributed by atoms with E-state index in [2.05, 4.69) is 5.16 Å². The third-order valence-corrected chi connectivity index (χ3v) is 4.49. The Bertz CT molecular complexity index is 528. The van der Waals surface area contributed by atoms with Crippen molar-refractivity contribution < 1.29 is 14.4 Å². The van der Waals surface area contributed by atoms with Gasteiger partial charge in [0.1, 0.15) is 12.2 Å². The highest BCUT2D eigenvalue weighted by Gasteiger charge is 2.51. The smallest absolute Gasteiger partial charge is 0.260 e. The number of hydrogen-bond acceptors (Lipinski definition) is 5. The summed E-state index contributed by atoms with van der Waals surface area (Å²) in [6.45, 7) is 6.55. The predicted octanol–water partition coefficient (Wildman–Crippen LogP) is 1.09. The molecule has 0 radical (unpaired) electrons. The number of nitrogens with zero attached hydrogens (tertiary/aromatic N) is 2. The van der Waals surface area contributed by atoms with E-state index < -0.39 is 0 Å². The molecule has 1 fully saturated rings. The lowest BCUT2D eigenvalue weighted by Crippen LogP contribution is -2.45. The SMILES string of the molecule is CN1C(=O)C(/C(N)=N/OCCOC(C)(C)C)=C(N)C12CCCC2. The number of rotatable bonds is 5. The number of likely N-dealkylation sites (N-methyl/N-ethyl adjacent to an activating group) is 1. The summed E-state index contributed by atoms with van der Waals surface area (Å²) >= 11 is 0. The molecule has 2 aliphatic rings. The summed E-state index contributed by atoms with van der Waals surface area (Å²) in [6.07, 6.45) is 3.86. The van der Waals surface area contributed by atoms with Gasteiger partial charge in [-0.2, -0.15) is 0 Å². The van der Waals surface area contributed by atoms with E-state index in [0.29, 0.717) is 12.3 Å². The van der Waals surface area contributed by atoms with Gasteiger partial charge in [0, 0.05) is 7.05 Å². The molecule has 0 aromatic rings. The van der Waals surface area contributed by atoms with Gasteiger partial charge in [-0.25, -0.2) is 0 Å². The molecular formula is C16H28N4O3. The summed E-state index contributed by atoms with van der Waals surface area (Å²) in [5.74, 6) is -0.140. The summed E-state index contributed by atoms with van der Waals surface area (Å²) in [6, 6.07) is 0. The zero-order valence-electron chi connectivity index (χ0n) is 14.5. The lowest BCUT2D eigenvalue weighted by molar-refractivity contribution is -0.127. The van der Waals surface area contributed by atoms with Crippen molar-refractivity contribution in [3.8, 4) is 0 Å². The molecule has 130 valence electrons. The Morgan fingerprint density at radius 3 is 2.48 bits per heavy atom. The Hall–Kier alpha value is -1.76. The third-order valence-electron chi connectivity index (χ3n) is 4.49. The van der Waals surface area contributed by atoms with E-state index in [4.69, 9.17) is 21.0 Å². The first-order valence-electron chi connectivity index (χ1n) is 8.07. The fourth-order valence-corrected chi connectivity index (χ4v) is 3.25. The van der Waals surface area contributed by atoms with Crippen LogP contribution in [0.2, 0.25) is 0 Å². The number of hydrogen-bond donors (Lipinski definition) is 2. The van der Waals surface area contributed by atoms with Crippen molar-refractivity contribution >= 4 is 11.7 Å². The van der Waals surface area contributed by atoms with Crippen LogP contribution in [-0.2, 0) is 14.4 Å². The molecule has 1 aliphatic carbocycles. The first-order chi connectivity index (χ1) is 10.7. The van der Waals surface area contributed by atoms with Crippen LogP contribution in [-0.4, -0.2) is 48.0 Å². The molecule has 0 aromatic heterocycles. The van der Waals surface area contributed by atoms with E-state index in [1.165, 1.54) is 0 Å². The van der Waals surface area contributed by atoms with E-state index in [1.54, 1.807) is 11.9 Å². The van der Waals surface area contributed by atoms with Gasteiger partial charge in [0.05, 0.1) is 23.4 Å². The van der Waals surface area contributed by atoms with E-state index in [9.17, 15) is 4.79 Å². The van der Waals surface area contributed by atoms with Gasteiger partial charge in [-0.15, -0.1) is 0 Å². The summed E-state index contributed by atoms with van der Waals surface area (Å²) in [5.41, 5.74) is 12.4. The lowest BCUT2D eigenvalue weighted by atomic mass is 9.93. The predicted molar refractivity (Wildman–Crippen MR) is 88.5 cm³/mol. The summed E-state index contributed by atoms with van der Waals surface area (Å²) in [5, 5.41) is 3.84. The van der Waals surface area contributed by atoms with Crippen molar-refractivity contribution in [2.24, 2.45) is 16.6 Å². The van der Waals surface area contributed by atoms with Gasteiger partial charge in [-0.05, 0) is 33.6 Å². The maximum absolute atomic E-state index is 12.5. The van der Waals surface area contributed by atoms with Crippen LogP contribution in [0.1, 0.15) is 46.5 Å². The Kier molecular flexibility index (Phi) is 4.89. The quantitative estimate of drug-likeness (QED) is 0.341. The van der Waals surface area contributed by atoms with Gasteiger partial charge in [0.2, 0.25) is 0 Å². The fourth-order valence-electron chi connectivity index (χ4n) is 3.25. The topological polar surface area (TPSA) is 103 Å². The molecule has 2 rings (SSSR count). The van der Waals surface area contributed by atoms with Crippen LogP contribution in [0.5, 0.6) is 0 Å².